The number of aromatic nitrogens is 2. The maximum absolute atomic E-state index is 6.14. The van der Waals surface area contributed by atoms with Crippen molar-refractivity contribution in [3.05, 3.63) is 5.69 Å². The zero-order valence-electron chi connectivity index (χ0n) is 10.9. The Morgan fingerprint density at radius 3 is 2.94 bits per heavy atom. The number of nitrogens with two attached hydrogens (primary N) is 1. The maximum atomic E-state index is 6.14. The highest BCUT2D eigenvalue weighted by molar-refractivity contribution is 5.66. The average Bonchev–Trinajstić information content (AvgIpc) is 2.55. The third-order valence-electron chi connectivity index (χ3n) is 3.12. The predicted octanol–water partition coefficient (Wildman–Crippen LogP) is 1.41. The Hall–Kier alpha value is -1.23. The number of anilines is 2. The van der Waals surface area contributed by atoms with Crippen LogP contribution in [0.25, 0.3) is 0 Å². The molecule has 0 aliphatic carbocycles. The highest BCUT2D eigenvalue weighted by atomic mass is 16.5. The second-order valence-electron chi connectivity index (χ2n) is 4.67. The van der Waals surface area contributed by atoms with Crippen LogP contribution in [0.5, 0.6) is 0 Å². The van der Waals surface area contributed by atoms with Crippen LogP contribution in [-0.4, -0.2) is 35.6 Å². The molecule has 17 heavy (non-hydrogen) atoms. The van der Waals surface area contributed by atoms with Crippen molar-refractivity contribution in [1.29, 1.82) is 0 Å². The lowest BCUT2D eigenvalue weighted by Gasteiger charge is -2.33. The van der Waals surface area contributed by atoms with Gasteiger partial charge in [0.1, 0.15) is 0 Å². The molecule has 1 aliphatic heterocycles. The molecule has 1 fully saturated rings. The third kappa shape index (κ3) is 2.39. The van der Waals surface area contributed by atoms with Gasteiger partial charge in [-0.25, -0.2) is 4.68 Å². The second kappa shape index (κ2) is 4.96. The number of hydrogen-bond acceptors (Lipinski definition) is 4. The molecular weight excluding hydrogens is 216 g/mol. The molecule has 0 amide bonds. The van der Waals surface area contributed by atoms with Gasteiger partial charge in [0.2, 0.25) is 0 Å². The Bertz CT molecular complexity index is 388. The first-order valence-electron chi connectivity index (χ1n) is 6.33. The molecular formula is C12H22N4O. The fourth-order valence-corrected chi connectivity index (χ4v) is 2.30. The molecule has 1 aromatic rings. The molecule has 2 rings (SSSR count). The van der Waals surface area contributed by atoms with E-state index < -0.39 is 0 Å². The fourth-order valence-electron chi connectivity index (χ4n) is 2.30. The van der Waals surface area contributed by atoms with Crippen molar-refractivity contribution >= 4 is 11.5 Å². The summed E-state index contributed by atoms with van der Waals surface area (Å²) < 4.78 is 7.59. The lowest BCUT2D eigenvalue weighted by molar-refractivity contribution is 0.0527. The van der Waals surface area contributed by atoms with Gasteiger partial charge in [-0.05, 0) is 20.3 Å². The van der Waals surface area contributed by atoms with Gasteiger partial charge in [0.05, 0.1) is 24.1 Å². The Kier molecular flexibility index (Phi) is 3.57. The zero-order valence-corrected chi connectivity index (χ0v) is 10.9. The smallest absolute Gasteiger partial charge is 0.150 e. The SMILES string of the molecule is CCCn1nc(C)c(N)c1N1CCOC(C)C1. The van der Waals surface area contributed by atoms with Gasteiger partial charge < -0.3 is 15.4 Å². The van der Waals surface area contributed by atoms with E-state index in [0.717, 1.165) is 49.9 Å². The summed E-state index contributed by atoms with van der Waals surface area (Å²) >= 11 is 0. The highest BCUT2D eigenvalue weighted by Crippen LogP contribution is 2.28. The number of aryl methyl sites for hydroxylation is 2. The Labute approximate surface area is 103 Å². The Balaban J connectivity index is 2.28. The van der Waals surface area contributed by atoms with Crippen molar-refractivity contribution in [1.82, 2.24) is 9.78 Å². The Morgan fingerprint density at radius 1 is 1.53 bits per heavy atom. The summed E-state index contributed by atoms with van der Waals surface area (Å²) in [5.41, 5.74) is 7.88. The summed E-state index contributed by atoms with van der Waals surface area (Å²) in [4.78, 5) is 2.29. The average molecular weight is 238 g/mol. The number of nitrogen functional groups attached to an aromatic ring is 1. The second-order valence-corrected chi connectivity index (χ2v) is 4.67. The van der Waals surface area contributed by atoms with Crippen LogP contribution < -0.4 is 10.6 Å². The summed E-state index contributed by atoms with van der Waals surface area (Å²) in [6.07, 6.45) is 1.32. The summed E-state index contributed by atoms with van der Waals surface area (Å²) in [5.74, 6) is 1.07. The Morgan fingerprint density at radius 2 is 2.29 bits per heavy atom. The van der Waals surface area contributed by atoms with Gasteiger partial charge in [-0.1, -0.05) is 6.92 Å². The van der Waals surface area contributed by atoms with E-state index in [2.05, 4.69) is 23.8 Å². The maximum Gasteiger partial charge on any atom is 0.150 e. The van der Waals surface area contributed by atoms with Crippen molar-refractivity contribution < 1.29 is 4.74 Å². The minimum atomic E-state index is 0.258. The van der Waals surface area contributed by atoms with Crippen molar-refractivity contribution in [2.45, 2.75) is 39.8 Å². The first-order valence-corrected chi connectivity index (χ1v) is 6.33. The van der Waals surface area contributed by atoms with Gasteiger partial charge in [-0.15, -0.1) is 0 Å². The van der Waals surface area contributed by atoms with E-state index in [1.165, 1.54) is 0 Å². The van der Waals surface area contributed by atoms with E-state index in [9.17, 15) is 0 Å². The lowest BCUT2D eigenvalue weighted by Crippen LogP contribution is -2.42. The van der Waals surface area contributed by atoms with Crippen LogP contribution in [0, 0.1) is 6.92 Å². The van der Waals surface area contributed by atoms with Crippen LogP contribution in [-0.2, 0) is 11.3 Å². The van der Waals surface area contributed by atoms with Gasteiger partial charge in [-0.3, -0.25) is 0 Å². The zero-order chi connectivity index (χ0) is 12.4. The molecule has 5 heteroatoms. The minimum Gasteiger partial charge on any atom is -0.394 e. The summed E-state index contributed by atoms with van der Waals surface area (Å²) in [5, 5.41) is 4.51. The molecule has 96 valence electrons. The van der Waals surface area contributed by atoms with Gasteiger partial charge in [0.25, 0.3) is 0 Å². The van der Waals surface area contributed by atoms with Gasteiger partial charge in [0.15, 0.2) is 5.82 Å². The number of morpholine rings is 1. The van der Waals surface area contributed by atoms with Gasteiger partial charge in [-0.2, -0.15) is 5.10 Å². The summed E-state index contributed by atoms with van der Waals surface area (Å²) in [6, 6.07) is 0. The molecule has 5 nitrogen and oxygen atoms in total. The molecule has 1 unspecified atom stereocenters. The lowest BCUT2D eigenvalue weighted by atomic mass is 10.2. The molecule has 0 saturated carbocycles. The number of hydrogen-bond donors (Lipinski definition) is 1. The molecule has 1 aromatic heterocycles. The van der Waals surface area contributed by atoms with E-state index in [1.807, 2.05) is 11.6 Å². The fraction of sp³-hybridized carbons (Fsp3) is 0.750. The quantitative estimate of drug-likeness (QED) is 0.865. The van der Waals surface area contributed by atoms with E-state index in [1.54, 1.807) is 0 Å². The number of ether oxygens (including phenoxy) is 1. The molecule has 0 radical (unpaired) electrons. The molecule has 1 atom stereocenters. The molecule has 2 heterocycles. The normalized spacial score (nSPS) is 20.9. The van der Waals surface area contributed by atoms with Crippen LogP contribution >= 0.6 is 0 Å². The first kappa shape index (κ1) is 12.2. The predicted molar refractivity (Wildman–Crippen MR) is 69.3 cm³/mol. The van der Waals surface area contributed by atoms with Gasteiger partial charge >= 0.3 is 0 Å². The van der Waals surface area contributed by atoms with Crippen LogP contribution in [0.2, 0.25) is 0 Å². The molecule has 1 aliphatic rings. The largest absolute Gasteiger partial charge is 0.394 e. The molecule has 0 spiro atoms. The number of rotatable bonds is 3. The van der Waals surface area contributed by atoms with E-state index in [4.69, 9.17) is 10.5 Å². The minimum absolute atomic E-state index is 0.258. The van der Waals surface area contributed by atoms with Crippen molar-refractivity contribution in [3.63, 3.8) is 0 Å². The van der Waals surface area contributed by atoms with Crippen LogP contribution in [0.1, 0.15) is 26.0 Å². The molecule has 1 saturated heterocycles. The van der Waals surface area contributed by atoms with Crippen molar-refractivity contribution in [2.24, 2.45) is 0 Å². The summed E-state index contributed by atoms with van der Waals surface area (Å²) in [7, 11) is 0. The van der Waals surface area contributed by atoms with E-state index in [0.29, 0.717) is 0 Å². The van der Waals surface area contributed by atoms with E-state index >= 15 is 0 Å². The monoisotopic (exact) mass is 238 g/mol. The first-order chi connectivity index (χ1) is 8.13. The number of nitrogens with zero attached hydrogens (tertiary/aromatic N) is 3. The molecule has 0 bridgehead atoms. The van der Waals surface area contributed by atoms with E-state index in [-0.39, 0.29) is 6.10 Å². The third-order valence-corrected chi connectivity index (χ3v) is 3.12. The molecule has 0 aromatic carbocycles. The van der Waals surface area contributed by atoms with Crippen LogP contribution in [0.3, 0.4) is 0 Å². The standard InChI is InChI=1S/C12H22N4O/c1-4-5-16-12(11(13)10(3)14-16)15-6-7-17-9(2)8-15/h9H,4-8,13H2,1-3H3. The highest BCUT2D eigenvalue weighted by Gasteiger charge is 2.23. The van der Waals surface area contributed by atoms with Crippen molar-refractivity contribution in [2.75, 3.05) is 30.3 Å². The topological polar surface area (TPSA) is 56.3 Å². The van der Waals surface area contributed by atoms with Gasteiger partial charge in [0, 0.05) is 19.6 Å². The summed E-state index contributed by atoms with van der Waals surface area (Å²) in [6.45, 7) is 9.67. The van der Waals surface area contributed by atoms with Crippen molar-refractivity contribution in [3.8, 4) is 0 Å². The van der Waals surface area contributed by atoms with Crippen LogP contribution in [0.4, 0.5) is 11.5 Å². The van der Waals surface area contributed by atoms with Crippen LogP contribution in [0.15, 0.2) is 0 Å². The molecule has 2 N–H and O–H groups in total.